The fourth-order valence-corrected chi connectivity index (χ4v) is 3.47. The Morgan fingerprint density at radius 1 is 1.26 bits per heavy atom. The first kappa shape index (κ1) is 19.2. The van der Waals surface area contributed by atoms with Crippen LogP contribution in [-0.2, 0) is 11.3 Å². The molecular weight excluding hydrogens is 368 g/mol. The maximum atomic E-state index is 13.1. The van der Waals surface area contributed by atoms with E-state index < -0.39 is 5.97 Å². The third kappa shape index (κ3) is 4.39. The van der Waals surface area contributed by atoms with Crippen LogP contribution < -0.4 is 9.47 Å². The quantitative estimate of drug-likeness (QED) is 0.645. The number of esters is 1. The number of methoxy groups -OCH3 is 2. The first-order valence-electron chi connectivity index (χ1n) is 8.71. The van der Waals surface area contributed by atoms with Gasteiger partial charge in [-0.1, -0.05) is 0 Å². The number of aromatic nitrogens is 1. The van der Waals surface area contributed by atoms with Crippen molar-refractivity contribution in [1.82, 2.24) is 9.88 Å². The molecule has 0 spiro atoms. The van der Waals surface area contributed by atoms with Crippen LogP contribution in [0.3, 0.4) is 0 Å². The number of thiazole rings is 1. The molecule has 0 radical (unpaired) electrons. The topological polar surface area (TPSA) is 78.0 Å². The van der Waals surface area contributed by atoms with E-state index in [9.17, 15) is 9.59 Å². The summed E-state index contributed by atoms with van der Waals surface area (Å²) in [6, 6.07) is 5.32. The molecule has 1 aromatic heterocycles. The van der Waals surface area contributed by atoms with E-state index in [1.807, 2.05) is 0 Å². The predicted octanol–water partition coefficient (Wildman–Crippen LogP) is 3.14. The third-order valence-corrected chi connectivity index (χ3v) is 5.06. The van der Waals surface area contributed by atoms with E-state index in [-0.39, 0.29) is 17.6 Å². The highest BCUT2D eigenvalue weighted by atomic mass is 32.1. The van der Waals surface area contributed by atoms with Gasteiger partial charge in [-0.3, -0.25) is 4.79 Å². The third-order valence-electron chi connectivity index (χ3n) is 4.23. The number of nitrogens with zero attached hydrogens (tertiary/aromatic N) is 2. The molecule has 1 aliphatic rings. The zero-order chi connectivity index (χ0) is 19.4. The number of amides is 1. The van der Waals surface area contributed by atoms with E-state index >= 15 is 0 Å². The minimum Gasteiger partial charge on any atom is -0.497 e. The van der Waals surface area contributed by atoms with E-state index in [4.69, 9.17) is 14.2 Å². The van der Waals surface area contributed by atoms with E-state index in [1.165, 1.54) is 18.4 Å². The normalized spacial score (nSPS) is 13.1. The average Bonchev–Trinajstić information content (AvgIpc) is 3.42. The first-order valence-corrected chi connectivity index (χ1v) is 9.59. The zero-order valence-electron chi connectivity index (χ0n) is 15.6. The molecule has 0 N–H and O–H groups in total. The molecule has 27 heavy (non-hydrogen) atoms. The summed E-state index contributed by atoms with van der Waals surface area (Å²) >= 11 is 1.35. The lowest BCUT2D eigenvalue weighted by atomic mass is 10.1. The summed E-state index contributed by atoms with van der Waals surface area (Å²) in [5.41, 5.74) is 0.759. The number of benzene rings is 1. The summed E-state index contributed by atoms with van der Waals surface area (Å²) in [4.78, 5) is 31.1. The molecule has 1 aliphatic carbocycles. The van der Waals surface area contributed by atoms with Crippen molar-refractivity contribution in [2.24, 2.45) is 0 Å². The van der Waals surface area contributed by atoms with Crippen LogP contribution in [0.15, 0.2) is 23.6 Å². The number of carbonyl (C=O) groups excluding carboxylic acids is 2. The van der Waals surface area contributed by atoms with Crippen LogP contribution in [0.1, 0.15) is 45.6 Å². The molecule has 0 saturated heterocycles. The van der Waals surface area contributed by atoms with Gasteiger partial charge in [0.15, 0.2) is 5.69 Å². The molecule has 1 saturated carbocycles. The second-order valence-electron chi connectivity index (χ2n) is 6.08. The maximum Gasteiger partial charge on any atom is 0.357 e. The SMILES string of the molecule is CCOC(=O)c1csc(CN(C(=O)c2ccc(OC)cc2OC)C2CC2)n1. The molecule has 3 rings (SSSR count). The first-order chi connectivity index (χ1) is 13.1. The summed E-state index contributed by atoms with van der Waals surface area (Å²) in [7, 11) is 3.09. The standard InChI is InChI=1S/C19H22N2O5S/c1-4-26-19(23)15-11-27-17(20-15)10-21(12-5-6-12)18(22)14-8-7-13(24-2)9-16(14)25-3/h7-9,11-12H,4-6,10H2,1-3H3. The van der Waals surface area contributed by atoms with Gasteiger partial charge in [-0.15, -0.1) is 11.3 Å². The Balaban J connectivity index is 1.80. The van der Waals surface area contributed by atoms with Crippen LogP contribution in [0.25, 0.3) is 0 Å². The molecular formula is C19H22N2O5S. The van der Waals surface area contributed by atoms with Gasteiger partial charge in [-0.2, -0.15) is 0 Å². The molecule has 0 aliphatic heterocycles. The van der Waals surface area contributed by atoms with Crippen molar-refractivity contribution >= 4 is 23.2 Å². The van der Waals surface area contributed by atoms with Crippen LogP contribution in [0.2, 0.25) is 0 Å². The highest BCUT2D eigenvalue weighted by Crippen LogP contribution is 2.33. The Bertz CT molecular complexity index is 831. The van der Waals surface area contributed by atoms with Gasteiger partial charge in [-0.25, -0.2) is 9.78 Å². The van der Waals surface area contributed by atoms with E-state index in [1.54, 1.807) is 42.5 Å². The van der Waals surface area contributed by atoms with E-state index in [2.05, 4.69) is 4.98 Å². The number of hydrogen-bond acceptors (Lipinski definition) is 7. The molecule has 1 heterocycles. The fraction of sp³-hybridized carbons (Fsp3) is 0.421. The monoisotopic (exact) mass is 390 g/mol. The summed E-state index contributed by atoms with van der Waals surface area (Å²) in [6.07, 6.45) is 1.92. The Morgan fingerprint density at radius 3 is 2.67 bits per heavy atom. The van der Waals surface area contributed by atoms with Gasteiger partial charge in [0, 0.05) is 17.5 Å². The maximum absolute atomic E-state index is 13.1. The van der Waals surface area contributed by atoms with Crippen molar-refractivity contribution in [3.05, 3.63) is 39.8 Å². The molecule has 0 atom stereocenters. The molecule has 1 fully saturated rings. The Hall–Kier alpha value is -2.61. The molecule has 0 unspecified atom stereocenters. The van der Waals surface area contributed by atoms with E-state index in [0.29, 0.717) is 35.2 Å². The van der Waals surface area contributed by atoms with Crippen molar-refractivity contribution < 1.29 is 23.8 Å². The molecule has 2 aromatic rings. The molecule has 8 heteroatoms. The number of ether oxygens (including phenoxy) is 3. The van der Waals surface area contributed by atoms with Crippen molar-refractivity contribution in [1.29, 1.82) is 0 Å². The molecule has 1 aromatic carbocycles. The Labute approximate surface area is 161 Å². The lowest BCUT2D eigenvalue weighted by Crippen LogP contribution is -2.32. The van der Waals surface area contributed by atoms with Crippen LogP contribution in [0, 0.1) is 0 Å². The van der Waals surface area contributed by atoms with Gasteiger partial charge < -0.3 is 19.1 Å². The smallest absolute Gasteiger partial charge is 0.357 e. The second-order valence-corrected chi connectivity index (χ2v) is 7.02. The summed E-state index contributed by atoms with van der Waals surface area (Å²) < 4.78 is 15.5. The number of carbonyl (C=O) groups is 2. The second kappa shape index (κ2) is 8.39. The van der Waals surface area contributed by atoms with Crippen molar-refractivity contribution in [2.75, 3.05) is 20.8 Å². The summed E-state index contributed by atoms with van der Waals surface area (Å²) in [6.45, 7) is 2.40. The summed E-state index contributed by atoms with van der Waals surface area (Å²) in [5, 5.41) is 2.36. The highest BCUT2D eigenvalue weighted by molar-refractivity contribution is 7.09. The van der Waals surface area contributed by atoms with Gasteiger partial charge in [0.2, 0.25) is 0 Å². The van der Waals surface area contributed by atoms with Gasteiger partial charge >= 0.3 is 5.97 Å². The van der Waals surface area contributed by atoms with Crippen molar-refractivity contribution in [2.45, 2.75) is 32.4 Å². The molecule has 0 bridgehead atoms. The molecule has 144 valence electrons. The van der Waals surface area contributed by atoms with E-state index in [0.717, 1.165) is 12.8 Å². The highest BCUT2D eigenvalue weighted by Gasteiger charge is 2.35. The lowest BCUT2D eigenvalue weighted by molar-refractivity contribution is 0.0520. The zero-order valence-corrected chi connectivity index (χ0v) is 16.4. The van der Waals surface area contributed by atoms with Crippen LogP contribution >= 0.6 is 11.3 Å². The van der Waals surface area contributed by atoms with Crippen LogP contribution in [0.5, 0.6) is 11.5 Å². The van der Waals surface area contributed by atoms with Gasteiger partial charge in [-0.05, 0) is 31.9 Å². The van der Waals surface area contributed by atoms with Crippen LogP contribution in [0.4, 0.5) is 0 Å². The Kier molecular flexibility index (Phi) is 5.95. The molecule has 7 nitrogen and oxygen atoms in total. The minimum atomic E-state index is -0.443. The summed E-state index contributed by atoms with van der Waals surface area (Å²) in [5.74, 6) is 0.530. The number of rotatable bonds is 8. The van der Waals surface area contributed by atoms with Crippen molar-refractivity contribution in [3.63, 3.8) is 0 Å². The largest absolute Gasteiger partial charge is 0.497 e. The van der Waals surface area contributed by atoms with Crippen molar-refractivity contribution in [3.8, 4) is 11.5 Å². The number of hydrogen-bond donors (Lipinski definition) is 0. The van der Waals surface area contributed by atoms with Crippen LogP contribution in [-0.4, -0.2) is 48.6 Å². The predicted molar refractivity (Wildman–Crippen MR) is 101 cm³/mol. The van der Waals surface area contributed by atoms with Gasteiger partial charge in [0.05, 0.1) is 32.9 Å². The molecule has 1 amide bonds. The minimum absolute atomic E-state index is 0.120. The van der Waals surface area contributed by atoms with Gasteiger partial charge in [0.1, 0.15) is 16.5 Å². The average molecular weight is 390 g/mol. The van der Waals surface area contributed by atoms with Gasteiger partial charge in [0.25, 0.3) is 5.91 Å². The lowest BCUT2D eigenvalue weighted by Gasteiger charge is -2.22. The fourth-order valence-electron chi connectivity index (χ4n) is 2.71. The Morgan fingerprint density at radius 2 is 2.04 bits per heavy atom.